The van der Waals surface area contributed by atoms with Crippen molar-refractivity contribution in [2.45, 2.75) is 25.9 Å². The first-order valence-corrected chi connectivity index (χ1v) is 4.13. The van der Waals surface area contributed by atoms with Crippen LogP contribution >= 0.6 is 0 Å². The number of nitrogens with two attached hydrogens (primary N) is 1. The molecule has 4 heteroatoms. The fraction of sp³-hybridized carbons (Fsp3) is 0.667. The minimum Gasteiger partial charge on any atom is -0.444 e. The van der Waals surface area contributed by atoms with Crippen molar-refractivity contribution in [1.29, 1.82) is 0 Å². The Morgan fingerprint density at radius 2 is 2.31 bits per heavy atom. The number of rotatable bonds is 5. The quantitative estimate of drug-likeness (QED) is 0.632. The lowest BCUT2D eigenvalue weighted by molar-refractivity contribution is 0.0249. The van der Waals surface area contributed by atoms with E-state index >= 15 is 0 Å². The average Bonchev–Trinajstić information content (AvgIpc) is 1.97. The van der Waals surface area contributed by atoms with E-state index in [9.17, 15) is 4.79 Å². The second-order valence-corrected chi connectivity index (χ2v) is 3.56. The molecule has 0 aromatic rings. The summed E-state index contributed by atoms with van der Waals surface area (Å²) in [5.74, 6) is -0.0747. The number of aliphatic hydroxyl groups excluding tert-OH is 1. The van der Waals surface area contributed by atoms with Crippen LogP contribution in [-0.4, -0.2) is 23.4 Å². The Balaban J connectivity index is 4.13. The Hall–Kier alpha value is -1.03. The molecule has 0 rings (SSSR count). The van der Waals surface area contributed by atoms with Crippen LogP contribution < -0.4 is 5.73 Å². The number of hydrogen-bond acceptors (Lipinski definition) is 3. The summed E-state index contributed by atoms with van der Waals surface area (Å²) in [4.78, 5) is 10.5. The summed E-state index contributed by atoms with van der Waals surface area (Å²) in [5.41, 5.74) is 4.23. The van der Waals surface area contributed by atoms with Crippen molar-refractivity contribution >= 4 is 6.09 Å². The molecule has 0 aromatic carbocycles. The molecule has 1 amide bonds. The number of carbonyl (C=O) groups is 1. The van der Waals surface area contributed by atoms with Gasteiger partial charge in [-0.1, -0.05) is 6.08 Å². The maximum atomic E-state index is 10.5. The summed E-state index contributed by atoms with van der Waals surface area (Å²) in [7, 11) is 0. The standard InChI is InChI=1S/C9H17NO3/c1-4-7(6-11)5-9(2,3)13-8(10)12/h4,7,11H,1,5-6H2,2-3H3,(H2,10,12)/t7-/m0/s1. The molecule has 1 atom stereocenters. The second-order valence-electron chi connectivity index (χ2n) is 3.56. The van der Waals surface area contributed by atoms with Gasteiger partial charge in [-0.05, 0) is 20.3 Å². The average molecular weight is 187 g/mol. The van der Waals surface area contributed by atoms with Gasteiger partial charge in [0.2, 0.25) is 0 Å². The number of hydrogen-bond donors (Lipinski definition) is 2. The first kappa shape index (κ1) is 12.0. The summed E-state index contributed by atoms with van der Waals surface area (Å²) in [6.45, 7) is 7.04. The van der Waals surface area contributed by atoms with Gasteiger partial charge in [0.15, 0.2) is 0 Å². The van der Waals surface area contributed by atoms with Gasteiger partial charge in [0.25, 0.3) is 0 Å². The molecule has 0 bridgehead atoms. The van der Waals surface area contributed by atoms with E-state index in [4.69, 9.17) is 15.6 Å². The van der Waals surface area contributed by atoms with Gasteiger partial charge in [0, 0.05) is 12.5 Å². The second kappa shape index (κ2) is 4.87. The van der Waals surface area contributed by atoms with Gasteiger partial charge in [-0.3, -0.25) is 0 Å². The zero-order valence-corrected chi connectivity index (χ0v) is 8.12. The minimum absolute atomic E-state index is 0.00491. The monoisotopic (exact) mass is 187 g/mol. The maximum absolute atomic E-state index is 10.5. The van der Waals surface area contributed by atoms with Crippen LogP contribution in [-0.2, 0) is 4.74 Å². The summed E-state index contributed by atoms with van der Waals surface area (Å²) in [6, 6.07) is 0. The third kappa shape index (κ3) is 5.25. The van der Waals surface area contributed by atoms with Crippen LogP contribution in [0.15, 0.2) is 12.7 Å². The lowest BCUT2D eigenvalue weighted by Crippen LogP contribution is -2.33. The van der Waals surface area contributed by atoms with E-state index in [0.29, 0.717) is 6.42 Å². The van der Waals surface area contributed by atoms with Crippen LogP contribution in [0.5, 0.6) is 0 Å². The van der Waals surface area contributed by atoms with E-state index in [2.05, 4.69) is 6.58 Å². The van der Waals surface area contributed by atoms with Gasteiger partial charge in [0.05, 0.1) is 0 Å². The zero-order valence-electron chi connectivity index (χ0n) is 8.12. The molecule has 0 aliphatic rings. The Labute approximate surface area is 78.4 Å². The van der Waals surface area contributed by atoms with Crippen molar-refractivity contribution in [2.75, 3.05) is 6.61 Å². The van der Waals surface area contributed by atoms with Crippen molar-refractivity contribution in [2.24, 2.45) is 11.7 Å². The highest BCUT2D eigenvalue weighted by molar-refractivity contribution is 5.65. The van der Waals surface area contributed by atoms with Gasteiger partial charge in [-0.15, -0.1) is 6.58 Å². The predicted octanol–water partition coefficient (Wildman–Crippen LogP) is 1.04. The minimum atomic E-state index is -0.800. The molecule has 0 aromatic heterocycles. The van der Waals surface area contributed by atoms with Crippen LogP contribution in [0.2, 0.25) is 0 Å². The summed E-state index contributed by atoms with van der Waals surface area (Å²) in [5, 5.41) is 8.88. The van der Waals surface area contributed by atoms with Crippen molar-refractivity contribution in [3.05, 3.63) is 12.7 Å². The summed E-state index contributed by atoms with van der Waals surface area (Å²) < 4.78 is 4.85. The first-order chi connectivity index (χ1) is 5.91. The predicted molar refractivity (Wildman–Crippen MR) is 50.1 cm³/mol. The molecule has 0 fully saturated rings. The first-order valence-electron chi connectivity index (χ1n) is 4.13. The van der Waals surface area contributed by atoms with Crippen LogP contribution in [0.4, 0.5) is 4.79 Å². The molecule has 13 heavy (non-hydrogen) atoms. The topological polar surface area (TPSA) is 72.6 Å². The van der Waals surface area contributed by atoms with Crippen molar-refractivity contribution in [1.82, 2.24) is 0 Å². The Kier molecular flexibility index (Phi) is 4.48. The van der Waals surface area contributed by atoms with E-state index in [1.165, 1.54) is 0 Å². The fourth-order valence-corrected chi connectivity index (χ4v) is 1.17. The smallest absolute Gasteiger partial charge is 0.405 e. The van der Waals surface area contributed by atoms with Crippen LogP contribution in [0.25, 0.3) is 0 Å². The van der Waals surface area contributed by atoms with Crippen molar-refractivity contribution < 1.29 is 14.6 Å². The number of ether oxygens (including phenoxy) is 1. The summed E-state index contributed by atoms with van der Waals surface area (Å²) >= 11 is 0. The molecular weight excluding hydrogens is 170 g/mol. The molecule has 76 valence electrons. The third-order valence-corrected chi connectivity index (χ3v) is 1.70. The molecular formula is C9H17NO3. The molecule has 3 N–H and O–H groups in total. The fourth-order valence-electron chi connectivity index (χ4n) is 1.17. The SMILES string of the molecule is C=C[C@H](CO)CC(C)(C)OC(N)=O. The van der Waals surface area contributed by atoms with E-state index in [1.807, 2.05) is 0 Å². The van der Waals surface area contributed by atoms with E-state index in [1.54, 1.807) is 19.9 Å². The van der Waals surface area contributed by atoms with Gasteiger partial charge >= 0.3 is 6.09 Å². The molecule has 0 heterocycles. The van der Waals surface area contributed by atoms with Gasteiger partial charge in [-0.2, -0.15) is 0 Å². The lowest BCUT2D eigenvalue weighted by atomic mass is 9.94. The molecule has 0 aliphatic heterocycles. The van der Waals surface area contributed by atoms with Crippen molar-refractivity contribution in [3.63, 3.8) is 0 Å². The molecule has 0 aliphatic carbocycles. The summed E-state index contributed by atoms with van der Waals surface area (Å²) in [6.07, 6.45) is 1.34. The van der Waals surface area contributed by atoms with Gasteiger partial charge in [-0.25, -0.2) is 4.79 Å². The van der Waals surface area contributed by atoms with Gasteiger partial charge in [0.1, 0.15) is 5.60 Å². The number of carbonyl (C=O) groups excluding carboxylic acids is 1. The lowest BCUT2D eigenvalue weighted by Gasteiger charge is -2.26. The zero-order chi connectivity index (χ0) is 10.5. The molecule has 4 nitrogen and oxygen atoms in total. The number of primary amides is 1. The Morgan fingerprint density at radius 3 is 2.62 bits per heavy atom. The van der Waals surface area contributed by atoms with E-state index < -0.39 is 11.7 Å². The van der Waals surface area contributed by atoms with Crippen LogP contribution in [0, 0.1) is 5.92 Å². The van der Waals surface area contributed by atoms with Gasteiger partial charge < -0.3 is 15.6 Å². The van der Waals surface area contributed by atoms with Crippen LogP contribution in [0.3, 0.4) is 0 Å². The molecule has 0 saturated carbocycles. The molecule has 0 saturated heterocycles. The molecule has 0 spiro atoms. The van der Waals surface area contributed by atoms with Crippen LogP contribution in [0.1, 0.15) is 20.3 Å². The van der Waals surface area contributed by atoms with E-state index in [0.717, 1.165) is 0 Å². The highest BCUT2D eigenvalue weighted by Crippen LogP contribution is 2.20. The maximum Gasteiger partial charge on any atom is 0.405 e. The molecule has 0 radical (unpaired) electrons. The number of aliphatic hydroxyl groups is 1. The Morgan fingerprint density at radius 1 is 1.77 bits per heavy atom. The Bertz CT molecular complexity index is 189. The highest BCUT2D eigenvalue weighted by atomic mass is 16.6. The molecule has 0 unspecified atom stereocenters. The van der Waals surface area contributed by atoms with E-state index in [-0.39, 0.29) is 12.5 Å². The largest absolute Gasteiger partial charge is 0.444 e. The highest BCUT2D eigenvalue weighted by Gasteiger charge is 2.24. The normalized spacial score (nSPS) is 13.5. The van der Waals surface area contributed by atoms with Crippen molar-refractivity contribution in [3.8, 4) is 0 Å². The third-order valence-electron chi connectivity index (χ3n) is 1.70. The number of amides is 1.